The maximum absolute atomic E-state index is 14.2. The molecule has 0 saturated carbocycles. The molecule has 3 aliphatic heterocycles. The van der Waals surface area contributed by atoms with Crippen LogP contribution in [0.15, 0.2) is 78.9 Å². The molecule has 44 heavy (non-hydrogen) atoms. The van der Waals surface area contributed by atoms with Gasteiger partial charge in [0, 0.05) is 32.7 Å². The first-order chi connectivity index (χ1) is 21.3. The standard InChI is InChI=1S/C35H40Cl2N4O3/c1-2-35(28-15-16-29(36)30(37)23-28)25-41(24-26-11-5-3-6-12-26)31(42)32(44-35)39-21-17-34(18-22-39,27-13-7-4-8-14-27)38-33(43)40-19-9-10-20-40/h3-8,11-16,23,32H,2,9-10,17-22,24-25H2,1H3,(H,38,43). The van der Waals surface area contributed by atoms with Crippen molar-refractivity contribution in [1.82, 2.24) is 20.0 Å². The lowest BCUT2D eigenvalue weighted by molar-refractivity contribution is -0.220. The van der Waals surface area contributed by atoms with Gasteiger partial charge in [0.15, 0.2) is 6.23 Å². The summed E-state index contributed by atoms with van der Waals surface area (Å²) in [6, 6.07) is 25.9. The van der Waals surface area contributed by atoms with E-state index in [2.05, 4.69) is 29.3 Å². The van der Waals surface area contributed by atoms with E-state index in [1.807, 2.05) is 70.5 Å². The zero-order valence-electron chi connectivity index (χ0n) is 25.2. The van der Waals surface area contributed by atoms with Crippen LogP contribution in [0.3, 0.4) is 0 Å². The van der Waals surface area contributed by atoms with Gasteiger partial charge in [-0.1, -0.05) is 96.9 Å². The number of hydrogen-bond acceptors (Lipinski definition) is 4. The van der Waals surface area contributed by atoms with Gasteiger partial charge >= 0.3 is 6.03 Å². The van der Waals surface area contributed by atoms with Crippen molar-refractivity contribution in [3.8, 4) is 0 Å². The number of piperidine rings is 1. The van der Waals surface area contributed by atoms with Crippen LogP contribution in [-0.4, -0.2) is 65.6 Å². The molecule has 232 valence electrons. The third-order valence-electron chi connectivity index (χ3n) is 9.59. The van der Waals surface area contributed by atoms with Gasteiger partial charge in [-0.25, -0.2) is 4.79 Å². The summed E-state index contributed by atoms with van der Waals surface area (Å²) >= 11 is 12.8. The van der Waals surface area contributed by atoms with Gasteiger partial charge in [-0.15, -0.1) is 0 Å². The number of ether oxygens (including phenoxy) is 1. The number of hydrogen-bond donors (Lipinski definition) is 1. The molecular weight excluding hydrogens is 595 g/mol. The average molecular weight is 636 g/mol. The summed E-state index contributed by atoms with van der Waals surface area (Å²) in [5.74, 6) is -0.0497. The molecule has 3 aromatic carbocycles. The number of rotatable bonds is 7. The van der Waals surface area contributed by atoms with Crippen molar-refractivity contribution in [2.45, 2.75) is 62.9 Å². The molecule has 3 fully saturated rings. The summed E-state index contributed by atoms with van der Waals surface area (Å²) in [6.07, 6.45) is 3.28. The first-order valence-corrected chi connectivity index (χ1v) is 16.4. The number of urea groups is 1. The molecule has 2 atom stereocenters. The third kappa shape index (κ3) is 6.20. The Kier molecular flexibility index (Phi) is 9.20. The van der Waals surface area contributed by atoms with Crippen molar-refractivity contribution in [3.63, 3.8) is 0 Å². The van der Waals surface area contributed by atoms with Crippen molar-refractivity contribution in [3.05, 3.63) is 106 Å². The normalized spacial score (nSPS) is 24.0. The second-order valence-electron chi connectivity index (χ2n) is 12.2. The second kappa shape index (κ2) is 13.1. The Hall–Kier alpha value is -3.10. The zero-order valence-corrected chi connectivity index (χ0v) is 26.7. The number of nitrogens with one attached hydrogen (secondary N) is 1. The summed E-state index contributed by atoms with van der Waals surface area (Å²) in [6.45, 7) is 5.73. The molecule has 0 bridgehead atoms. The first kappa shape index (κ1) is 30.9. The quantitative estimate of drug-likeness (QED) is 0.311. The van der Waals surface area contributed by atoms with E-state index in [0.29, 0.717) is 55.5 Å². The van der Waals surface area contributed by atoms with Crippen LogP contribution in [0.25, 0.3) is 0 Å². The van der Waals surface area contributed by atoms with E-state index in [1.54, 1.807) is 6.07 Å². The largest absolute Gasteiger partial charge is 0.341 e. The van der Waals surface area contributed by atoms with E-state index < -0.39 is 17.4 Å². The molecule has 9 heteroatoms. The molecule has 7 nitrogen and oxygen atoms in total. The predicted molar refractivity (Wildman–Crippen MR) is 173 cm³/mol. The van der Waals surface area contributed by atoms with E-state index in [9.17, 15) is 9.59 Å². The molecule has 3 saturated heterocycles. The Morgan fingerprint density at radius 1 is 0.886 bits per heavy atom. The number of amides is 3. The van der Waals surface area contributed by atoms with Crippen LogP contribution < -0.4 is 5.32 Å². The highest BCUT2D eigenvalue weighted by Crippen LogP contribution is 2.41. The van der Waals surface area contributed by atoms with Gasteiger partial charge in [0.2, 0.25) is 0 Å². The number of nitrogens with zero attached hydrogens (tertiary/aromatic N) is 3. The topological polar surface area (TPSA) is 65.1 Å². The van der Waals surface area contributed by atoms with Crippen LogP contribution in [0, 0.1) is 0 Å². The predicted octanol–water partition coefficient (Wildman–Crippen LogP) is 6.78. The zero-order chi connectivity index (χ0) is 30.7. The van der Waals surface area contributed by atoms with E-state index in [4.69, 9.17) is 27.9 Å². The number of carbonyl (C=O) groups is 2. The molecule has 6 rings (SSSR count). The summed E-state index contributed by atoms with van der Waals surface area (Å²) in [7, 11) is 0. The van der Waals surface area contributed by atoms with Crippen molar-refractivity contribution in [1.29, 1.82) is 0 Å². The number of carbonyl (C=O) groups excluding carboxylic acids is 2. The van der Waals surface area contributed by atoms with Gasteiger partial charge in [0.25, 0.3) is 5.91 Å². The maximum Gasteiger partial charge on any atom is 0.318 e. The highest BCUT2D eigenvalue weighted by Gasteiger charge is 2.50. The Labute approximate surface area is 270 Å². The number of likely N-dealkylation sites (tertiary alicyclic amines) is 2. The van der Waals surface area contributed by atoms with Crippen molar-refractivity contribution >= 4 is 35.1 Å². The minimum absolute atomic E-state index is 0.0107. The molecule has 0 spiro atoms. The Morgan fingerprint density at radius 2 is 1.55 bits per heavy atom. The van der Waals surface area contributed by atoms with Crippen LogP contribution in [0.5, 0.6) is 0 Å². The van der Waals surface area contributed by atoms with Crippen molar-refractivity contribution in [2.24, 2.45) is 0 Å². The van der Waals surface area contributed by atoms with Gasteiger partial charge < -0.3 is 19.9 Å². The molecule has 0 aliphatic carbocycles. The number of benzene rings is 3. The van der Waals surface area contributed by atoms with Gasteiger partial charge in [-0.3, -0.25) is 9.69 Å². The molecule has 2 unspecified atom stereocenters. The molecule has 3 amide bonds. The van der Waals surface area contributed by atoms with E-state index >= 15 is 0 Å². The fourth-order valence-electron chi connectivity index (χ4n) is 6.94. The smallest absolute Gasteiger partial charge is 0.318 e. The van der Waals surface area contributed by atoms with E-state index in [1.165, 1.54) is 0 Å². The monoisotopic (exact) mass is 634 g/mol. The molecule has 3 heterocycles. The summed E-state index contributed by atoms with van der Waals surface area (Å²) < 4.78 is 6.90. The summed E-state index contributed by atoms with van der Waals surface area (Å²) in [5.41, 5.74) is 1.77. The third-order valence-corrected chi connectivity index (χ3v) is 10.3. The molecule has 1 N–H and O–H groups in total. The van der Waals surface area contributed by atoms with Gasteiger partial charge in [0.1, 0.15) is 5.60 Å². The molecule has 0 aromatic heterocycles. The van der Waals surface area contributed by atoms with Crippen LogP contribution in [0.2, 0.25) is 10.0 Å². The Bertz CT molecular complexity index is 1460. The highest BCUT2D eigenvalue weighted by atomic mass is 35.5. The first-order valence-electron chi connectivity index (χ1n) is 15.7. The lowest BCUT2D eigenvalue weighted by Crippen LogP contribution is -2.64. The van der Waals surface area contributed by atoms with Crippen molar-refractivity contribution < 1.29 is 14.3 Å². The van der Waals surface area contributed by atoms with Crippen LogP contribution in [0.4, 0.5) is 4.79 Å². The highest BCUT2D eigenvalue weighted by molar-refractivity contribution is 6.42. The SMILES string of the molecule is CCC1(c2ccc(Cl)c(Cl)c2)CN(Cc2ccccc2)C(=O)C(N2CCC(NC(=O)N3CCCC3)(c3ccccc3)CC2)O1. The fourth-order valence-corrected chi connectivity index (χ4v) is 7.24. The Balaban J connectivity index is 1.29. The molecular formula is C35H40Cl2N4O3. The van der Waals surface area contributed by atoms with Gasteiger partial charge in [-0.05, 0) is 60.9 Å². The van der Waals surface area contributed by atoms with Gasteiger partial charge in [-0.2, -0.15) is 0 Å². The van der Waals surface area contributed by atoms with Crippen LogP contribution in [0.1, 0.15) is 55.7 Å². The number of morpholine rings is 1. The summed E-state index contributed by atoms with van der Waals surface area (Å²) in [5, 5.41) is 4.37. The molecule has 3 aliphatic rings. The molecule has 3 aromatic rings. The lowest BCUT2D eigenvalue weighted by Gasteiger charge is -2.51. The van der Waals surface area contributed by atoms with Crippen molar-refractivity contribution in [2.75, 3.05) is 32.7 Å². The van der Waals surface area contributed by atoms with Gasteiger partial charge in [0.05, 0.1) is 22.1 Å². The molecule has 0 radical (unpaired) electrons. The minimum atomic E-state index is -0.773. The second-order valence-corrected chi connectivity index (χ2v) is 13.0. The minimum Gasteiger partial charge on any atom is -0.341 e. The van der Waals surface area contributed by atoms with E-state index in [0.717, 1.165) is 42.6 Å². The lowest BCUT2D eigenvalue weighted by atomic mass is 9.80. The summed E-state index contributed by atoms with van der Waals surface area (Å²) in [4.78, 5) is 33.6. The Morgan fingerprint density at radius 3 is 2.18 bits per heavy atom. The number of halogens is 2. The fraction of sp³-hybridized carbons (Fsp3) is 0.429. The van der Waals surface area contributed by atoms with Crippen LogP contribution >= 0.6 is 23.2 Å². The average Bonchev–Trinajstić information content (AvgIpc) is 3.61. The van der Waals surface area contributed by atoms with E-state index in [-0.39, 0.29) is 11.9 Å². The maximum atomic E-state index is 14.2. The van der Waals surface area contributed by atoms with Crippen LogP contribution in [-0.2, 0) is 27.2 Å².